The summed E-state index contributed by atoms with van der Waals surface area (Å²) in [6, 6.07) is 19.7. The normalized spacial score (nSPS) is 11.2. The first kappa shape index (κ1) is 16.8. The third-order valence-corrected chi connectivity index (χ3v) is 5.14. The van der Waals surface area contributed by atoms with E-state index in [9.17, 15) is 8.42 Å². The lowest BCUT2D eigenvalue weighted by molar-refractivity contribution is 0.486. The van der Waals surface area contributed by atoms with Crippen molar-refractivity contribution in [3.63, 3.8) is 0 Å². The summed E-state index contributed by atoms with van der Waals surface area (Å²) in [5, 5.41) is 1.08. The van der Waals surface area contributed by atoms with Crippen LogP contribution in [0.4, 0.5) is 0 Å². The van der Waals surface area contributed by atoms with Gasteiger partial charge in [0.15, 0.2) is 0 Å². The van der Waals surface area contributed by atoms with Gasteiger partial charge < -0.3 is 4.18 Å². The largest absolute Gasteiger partial charge is 0.379 e. The van der Waals surface area contributed by atoms with Crippen LogP contribution in [0.25, 0.3) is 11.1 Å². The maximum Gasteiger partial charge on any atom is 0.339 e. The minimum atomic E-state index is -3.99. The van der Waals surface area contributed by atoms with Gasteiger partial charge in [-0.25, -0.2) is 0 Å². The van der Waals surface area contributed by atoms with Gasteiger partial charge >= 0.3 is 10.1 Å². The standard InChI is InChI=1S/C18H12Cl2O3S/c19-14-7-5-13(6-8-14)17-3-1-2-4-18(17)24(21,22)23-16-11-9-15(20)10-12-16/h1-12H. The molecule has 3 aromatic carbocycles. The Balaban J connectivity index is 2.02. The lowest BCUT2D eigenvalue weighted by atomic mass is 10.1. The first-order valence-electron chi connectivity index (χ1n) is 7.01. The van der Waals surface area contributed by atoms with Crippen molar-refractivity contribution < 1.29 is 12.6 Å². The lowest BCUT2D eigenvalue weighted by Crippen LogP contribution is -2.11. The number of hydrogen-bond acceptors (Lipinski definition) is 3. The van der Waals surface area contributed by atoms with Crippen molar-refractivity contribution in [2.24, 2.45) is 0 Å². The minimum absolute atomic E-state index is 0.0854. The molecule has 6 heteroatoms. The molecule has 0 heterocycles. The van der Waals surface area contributed by atoms with E-state index in [0.717, 1.165) is 5.56 Å². The summed E-state index contributed by atoms with van der Waals surface area (Å²) in [6.45, 7) is 0. The molecule has 0 N–H and O–H groups in total. The van der Waals surface area contributed by atoms with Crippen molar-refractivity contribution in [2.45, 2.75) is 4.90 Å². The van der Waals surface area contributed by atoms with E-state index in [1.54, 1.807) is 54.6 Å². The summed E-state index contributed by atoms with van der Waals surface area (Å²) in [5.74, 6) is 0.199. The SMILES string of the molecule is O=S(=O)(Oc1ccc(Cl)cc1)c1ccccc1-c1ccc(Cl)cc1. The fraction of sp³-hybridized carbons (Fsp3) is 0. The predicted octanol–water partition coefficient (Wildman–Crippen LogP) is 5.43. The monoisotopic (exact) mass is 378 g/mol. The summed E-state index contributed by atoms with van der Waals surface area (Å²) >= 11 is 11.7. The second kappa shape index (κ2) is 6.85. The lowest BCUT2D eigenvalue weighted by Gasteiger charge is -2.11. The summed E-state index contributed by atoms with van der Waals surface area (Å²) in [6.07, 6.45) is 0. The Bertz CT molecular complexity index is 950. The topological polar surface area (TPSA) is 43.4 Å². The summed E-state index contributed by atoms with van der Waals surface area (Å²) < 4.78 is 30.5. The van der Waals surface area contributed by atoms with Crippen LogP contribution in [0.5, 0.6) is 5.75 Å². The van der Waals surface area contributed by atoms with E-state index in [2.05, 4.69) is 0 Å². The number of hydrogen-bond donors (Lipinski definition) is 0. The van der Waals surface area contributed by atoms with Crippen molar-refractivity contribution in [1.29, 1.82) is 0 Å². The summed E-state index contributed by atoms with van der Waals surface area (Å²) in [4.78, 5) is 0.0854. The Hall–Kier alpha value is -2.01. The van der Waals surface area contributed by atoms with E-state index in [1.807, 2.05) is 0 Å². The van der Waals surface area contributed by atoms with Crippen LogP contribution in [0.2, 0.25) is 10.0 Å². The Kier molecular flexibility index (Phi) is 4.81. The van der Waals surface area contributed by atoms with Crippen LogP contribution in [0.1, 0.15) is 0 Å². The molecule has 0 radical (unpaired) electrons. The highest BCUT2D eigenvalue weighted by atomic mass is 35.5. The third kappa shape index (κ3) is 3.73. The molecule has 3 rings (SSSR count). The second-order valence-electron chi connectivity index (χ2n) is 4.99. The number of rotatable bonds is 4. The van der Waals surface area contributed by atoms with Gasteiger partial charge in [0.1, 0.15) is 10.6 Å². The molecular weight excluding hydrogens is 367 g/mol. The maximum atomic E-state index is 12.7. The quantitative estimate of drug-likeness (QED) is 0.568. The molecule has 0 saturated carbocycles. The van der Waals surface area contributed by atoms with E-state index in [-0.39, 0.29) is 10.6 Å². The van der Waals surface area contributed by atoms with E-state index in [4.69, 9.17) is 27.4 Å². The van der Waals surface area contributed by atoms with Crippen molar-refractivity contribution in [3.8, 4) is 16.9 Å². The van der Waals surface area contributed by atoms with E-state index in [1.165, 1.54) is 18.2 Å². The Morgan fingerprint density at radius 1 is 0.708 bits per heavy atom. The molecule has 0 atom stereocenters. The molecule has 0 aliphatic carbocycles. The fourth-order valence-electron chi connectivity index (χ4n) is 2.21. The van der Waals surface area contributed by atoms with Gasteiger partial charge in [-0.05, 0) is 48.0 Å². The van der Waals surface area contributed by atoms with Gasteiger partial charge in [-0.15, -0.1) is 0 Å². The molecular formula is C18H12Cl2O3S. The zero-order chi connectivity index (χ0) is 17.2. The molecule has 0 amide bonds. The van der Waals surface area contributed by atoms with Gasteiger partial charge in [-0.3, -0.25) is 0 Å². The van der Waals surface area contributed by atoms with E-state index >= 15 is 0 Å². The third-order valence-electron chi connectivity index (χ3n) is 3.33. The molecule has 0 unspecified atom stereocenters. The second-order valence-corrected chi connectivity index (χ2v) is 7.38. The van der Waals surface area contributed by atoms with Crippen LogP contribution in [-0.4, -0.2) is 8.42 Å². The van der Waals surface area contributed by atoms with Crippen LogP contribution in [-0.2, 0) is 10.1 Å². The number of halogens is 2. The van der Waals surface area contributed by atoms with Crippen molar-refractivity contribution >= 4 is 33.3 Å². The maximum absolute atomic E-state index is 12.7. The first-order chi connectivity index (χ1) is 11.5. The highest BCUT2D eigenvalue weighted by Gasteiger charge is 2.21. The van der Waals surface area contributed by atoms with Crippen molar-refractivity contribution in [1.82, 2.24) is 0 Å². The smallest absolute Gasteiger partial charge is 0.339 e. The molecule has 122 valence electrons. The van der Waals surface area contributed by atoms with Gasteiger partial charge in [0.25, 0.3) is 0 Å². The molecule has 3 nitrogen and oxygen atoms in total. The average molecular weight is 379 g/mol. The van der Waals surface area contributed by atoms with Crippen LogP contribution < -0.4 is 4.18 Å². The van der Waals surface area contributed by atoms with Crippen molar-refractivity contribution in [3.05, 3.63) is 82.8 Å². The Morgan fingerprint density at radius 2 is 1.25 bits per heavy atom. The molecule has 0 fully saturated rings. The van der Waals surface area contributed by atoms with Gasteiger partial charge in [-0.2, -0.15) is 8.42 Å². The van der Waals surface area contributed by atoms with Gasteiger partial charge in [0, 0.05) is 15.6 Å². The van der Waals surface area contributed by atoms with Gasteiger partial charge in [0.2, 0.25) is 0 Å². The summed E-state index contributed by atoms with van der Waals surface area (Å²) in [5.41, 5.74) is 1.28. The Labute approximate surface area is 150 Å². The molecule has 0 aromatic heterocycles. The zero-order valence-corrected chi connectivity index (χ0v) is 14.6. The molecule has 3 aromatic rings. The molecule has 0 bridgehead atoms. The highest BCUT2D eigenvalue weighted by Crippen LogP contribution is 2.30. The molecule has 0 aliphatic rings. The van der Waals surface area contributed by atoms with Gasteiger partial charge in [-0.1, -0.05) is 53.5 Å². The van der Waals surface area contributed by atoms with Crippen LogP contribution >= 0.6 is 23.2 Å². The predicted molar refractivity (Wildman–Crippen MR) is 96.2 cm³/mol. The van der Waals surface area contributed by atoms with Crippen LogP contribution in [0.15, 0.2) is 77.7 Å². The van der Waals surface area contributed by atoms with Crippen LogP contribution in [0.3, 0.4) is 0 Å². The zero-order valence-electron chi connectivity index (χ0n) is 12.3. The number of benzene rings is 3. The average Bonchev–Trinajstić information content (AvgIpc) is 2.57. The minimum Gasteiger partial charge on any atom is -0.379 e. The fourth-order valence-corrected chi connectivity index (χ4v) is 3.62. The molecule has 24 heavy (non-hydrogen) atoms. The molecule has 0 saturated heterocycles. The van der Waals surface area contributed by atoms with E-state index in [0.29, 0.717) is 15.6 Å². The highest BCUT2D eigenvalue weighted by molar-refractivity contribution is 7.87. The first-order valence-corrected chi connectivity index (χ1v) is 9.17. The molecule has 0 aliphatic heterocycles. The Morgan fingerprint density at radius 3 is 1.88 bits per heavy atom. The summed E-state index contributed by atoms with van der Waals surface area (Å²) in [7, 11) is -3.99. The van der Waals surface area contributed by atoms with Gasteiger partial charge in [0.05, 0.1) is 0 Å². The van der Waals surface area contributed by atoms with E-state index < -0.39 is 10.1 Å². The van der Waals surface area contributed by atoms with Crippen molar-refractivity contribution in [2.75, 3.05) is 0 Å². The van der Waals surface area contributed by atoms with Crippen LogP contribution in [0, 0.1) is 0 Å². The molecule has 0 spiro atoms.